The minimum absolute atomic E-state index is 0.717. The number of thiocarbonyl (C=S) groups is 1. The standard InChI is InChI=1S/C15H24N2S/c1-2-3-4-5-6-10-13-16-15(18)17-14-11-8-7-9-12-14/h7-9,11-12H,2-6,10,13H2,1H3,(H2,16,17,18). The second-order valence-corrected chi connectivity index (χ2v) is 4.92. The molecule has 18 heavy (non-hydrogen) atoms. The third kappa shape index (κ3) is 7.28. The first-order valence-electron chi connectivity index (χ1n) is 6.93. The zero-order valence-corrected chi connectivity index (χ0v) is 12.1. The average Bonchev–Trinajstić information content (AvgIpc) is 2.39. The van der Waals surface area contributed by atoms with Crippen LogP contribution in [-0.2, 0) is 0 Å². The monoisotopic (exact) mass is 264 g/mol. The summed E-state index contributed by atoms with van der Waals surface area (Å²) >= 11 is 5.23. The Labute approximate surface area is 116 Å². The zero-order chi connectivity index (χ0) is 13.1. The fraction of sp³-hybridized carbons (Fsp3) is 0.533. The summed E-state index contributed by atoms with van der Waals surface area (Å²) in [7, 11) is 0. The average molecular weight is 264 g/mol. The molecule has 0 aliphatic carbocycles. The van der Waals surface area contributed by atoms with Crippen molar-refractivity contribution in [3.05, 3.63) is 30.3 Å². The van der Waals surface area contributed by atoms with Crippen LogP contribution in [0.5, 0.6) is 0 Å². The second-order valence-electron chi connectivity index (χ2n) is 4.51. The molecule has 0 radical (unpaired) electrons. The summed E-state index contributed by atoms with van der Waals surface area (Å²) in [6, 6.07) is 10.0. The number of rotatable bonds is 8. The van der Waals surface area contributed by atoms with E-state index >= 15 is 0 Å². The van der Waals surface area contributed by atoms with Crippen LogP contribution in [-0.4, -0.2) is 11.7 Å². The maximum Gasteiger partial charge on any atom is 0.170 e. The molecule has 0 spiro atoms. The highest BCUT2D eigenvalue weighted by molar-refractivity contribution is 7.80. The van der Waals surface area contributed by atoms with Crippen molar-refractivity contribution in [3.63, 3.8) is 0 Å². The molecule has 2 nitrogen and oxygen atoms in total. The molecule has 3 heteroatoms. The lowest BCUT2D eigenvalue weighted by atomic mass is 10.1. The molecule has 0 aliphatic rings. The third-order valence-corrected chi connectivity index (χ3v) is 3.09. The van der Waals surface area contributed by atoms with Crippen molar-refractivity contribution >= 4 is 23.0 Å². The zero-order valence-electron chi connectivity index (χ0n) is 11.2. The minimum Gasteiger partial charge on any atom is -0.362 e. The van der Waals surface area contributed by atoms with Crippen molar-refractivity contribution in [2.45, 2.75) is 45.4 Å². The van der Waals surface area contributed by atoms with E-state index in [-0.39, 0.29) is 0 Å². The van der Waals surface area contributed by atoms with Gasteiger partial charge in [0.25, 0.3) is 0 Å². The van der Waals surface area contributed by atoms with Crippen LogP contribution in [0.25, 0.3) is 0 Å². The molecule has 100 valence electrons. The number of para-hydroxylation sites is 1. The van der Waals surface area contributed by atoms with Gasteiger partial charge in [-0.1, -0.05) is 57.2 Å². The van der Waals surface area contributed by atoms with Gasteiger partial charge in [0.15, 0.2) is 5.11 Å². The van der Waals surface area contributed by atoms with Crippen molar-refractivity contribution in [1.82, 2.24) is 5.32 Å². The number of benzene rings is 1. The van der Waals surface area contributed by atoms with E-state index in [1.165, 1.54) is 38.5 Å². The summed E-state index contributed by atoms with van der Waals surface area (Å²) in [4.78, 5) is 0. The Morgan fingerprint density at radius 1 is 1.00 bits per heavy atom. The SMILES string of the molecule is CCCCCCCCNC(=S)Nc1ccccc1. The van der Waals surface area contributed by atoms with Crippen LogP contribution in [0.3, 0.4) is 0 Å². The van der Waals surface area contributed by atoms with Gasteiger partial charge in [-0.25, -0.2) is 0 Å². The number of hydrogen-bond acceptors (Lipinski definition) is 1. The van der Waals surface area contributed by atoms with Crippen molar-refractivity contribution in [1.29, 1.82) is 0 Å². The molecule has 2 N–H and O–H groups in total. The van der Waals surface area contributed by atoms with Gasteiger partial charge in [-0.3, -0.25) is 0 Å². The van der Waals surface area contributed by atoms with Gasteiger partial charge in [-0.05, 0) is 30.8 Å². The van der Waals surface area contributed by atoms with E-state index in [0.717, 1.165) is 17.3 Å². The van der Waals surface area contributed by atoms with E-state index in [2.05, 4.69) is 17.6 Å². The summed E-state index contributed by atoms with van der Waals surface area (Å²) in [5.74, 6) is 0. The van der Waals surface area contributed by atoms with Gasteiger partial charge in [0.05, 0.1) is 0 Å². The molecule has 0 bridgehead atoms. The Balaban J connectivity index is 2.00. The second kappa shape index (κ2) is 9.89. The molecule has 0 aliphatic heterocycles. The summed E-state index contributed by atoms with van der Waals surface area (Å²) in [6.45, 7) is 3.21. The molecular weight excluding hydrogens is 240 g/mol. The van der Waals surface area contributed by atoms with Crippen LogP contribution >= 0.6 is 12.2 Å². The smallest absolute Gasteiger partial charge is 0.170 e. The van der Waals surface area contributed by atoms with Crippen LogP contribution < -0.4 is 10.6 Å². The van der Waals surface area contributed by atoms with Gasteiger partial charge in [0.2, 0.25) is 0 Å². The van der Waals surface area contributed by atoms with E-state index in [9.17, 15) is 0 Å². The lowest BCUT2D eigenvalue weighted by Gasteiger charge is -2.10. The Kier molecular flexibility index (Phi) is 8.23. The molecular formula is C15H24N2S. The molecule has 0 atom stereocenters. The van der Waals surface area contributed by atoms with Crippen molar-refractivity contribution in [2.24, 2.45) is 0 Å². The van der Waals surface area contributed by atoms with E-state index in [4.69, 9.17) is 12.2 Å². The molecule has 0 aromatic heterocycles. The highest BCUT2D eigenvalue weighted by atomic mass is 32.1. The van der Waals surface area contributed by atoms with Crippen molar-refractivity contribution in [2.75, 3.05) is 11.9 Å². The molecule has 1 aromatic rings. The molecule has 0 amide bonds. The first kappa shape index (κ1) is 15.0. The van der Waals surface area contributed by atoms with Crippen LogP contribution in [0, 0.1) is 0 Å². The van der Waals surface area contributed by atoms with Crippen molar-refractivity contribution in [3.8, 4) is 0 Å². The third-order valence-electron chi connectivity index (χ3n) is 2.85. The quantitative estimate of drug-likeness (QED) is 0.540. The first-order chi connectivity index (χ1) is 8.83. The van der Waals surface area contributed by atoms with Crippen LogP contribution in [0.4, 0.5) is 5.69 Å². The highest BCUT2D eigenvalue weighted by Gasteiger charge is 1.96. The summed E-state index contributed by atoms with van der Waals surface area (Å²) < 4.78 is 0. The van der Waals surface area contributed by atoms with Gasteiger partial charge in [-0.2, -0.15) is 0 Å². The lowest BCUT2D eigenvalue weighted by Crippen LogP contribution is -2.29. The van der Waals surface area contributed by atoms with Gasteiger partial charge in [0, 0.05) is 12.2 Å². The highest BCUT2D eigenvalue weighted by Crippen LogP contribution is 2.05. The Bertz CT molecular complexity index is 325. The molecule has 0 unspecified atom stereocenters. The lowest BCUT2D eigenvalue weighted by molar-refractivity contribution is 0.603. The molecule has 1 aromatic carbocycles. The minimum atomic E-state index is 0.717. The Hall–Kier alpha value is -1.09. The van der Waals surface area contributed by atoms with Crippen LogP contribution in [0.15, 0.2) is 30.3 Å². The van der Waals surface area contributed by atoms with Gasteiger partial charge < -0.3 is 10.6 Å². The summed E-state index contributed by atoms with van der Waals surface area (Å²) in [5, 5.41) is 7.13. The summed E-state index contributed by atoms with van der Waals surface area (Å²) in [6.07, 6.45) is 7.86. The maximum absolute atomic E-state index is 5.23. The molecule has 0 saturated carbocycles. The molecule has 0 saturated heterocycles. The normalized spacial score (nSPS) is 10.1. The van der Waals surface area contributed by atoms with Gasteiger partial charge in [-0.15, -0.1) is 0 Å². The number of hydrogen-bond donors (Lipinski definition) is 2. The predicted octanol–water partition coefficient (Wildman–Crippen LogP) is 4.33. The first-order valence-corrected chi connectivity index (χ1v) is 7.33. The maximum atomic E-state index is 5.23. The van der Waals surface area contributed by atoms with Crippen LogP contribution in [0.1, 0.15) is 45.4 Å². The van der Waals surface area contributed by atoms with E-state index in [1.807, 2.05) is 30.3 Å². The number of unbranched alkanes of at least 4 members (excludes halogenated alkanes) is 5. The Morgan fingerprint density at radius 2 is 1.67 bits per heavy atom. The topological polar surface area (TPSA) is 24.1 Å². The molecule has 0 fully saturated rings. The number of anilines is 1. The van der Waals surface area contributed by atoms with Crippen LogP contribution in [0.2, 0.25) is 0 Å². The molecule has 0 heterocycles. The number of nitrogens with one attached hydrogen (secondary N) is 2. The van der Waals surface area contributed by atoms with E-state index in [0.29, 0.717) is 0 Å². The van der Waals surface area contributed by atoms with E-state index in [1.54, 1.807) is 0 Å². The van der Waals surface area contributed by atoms with Gasteiger partial charge >= 0.3 is 0 Å². The van der Waals surface area contributed by atoms with Gasteiger partial charge in [0.1, 0.15) is 0 Å². The summed E-state index contributed by atoms with van der Waals surface area (Å²) in [5.41, 5.74) is 1.04. The largest absolute Gasteiger partial charge is 0.362 e. The Morgan fingerprint density at radius 3 is 2.39 bits per heavy atom. The van der Waals surface area contributed by atoms with Crippen molar-refractivity contribution < 1.29 is 0 Å². The fourth-order valence-electron chi connectivity index (χ4n) is 1.80. The van der Waals surface area contributed by atoms with E-state index < -0.39 is 0 Å². The predicted molar refractivity (Wildman–Crippen MR) is 84.0 cm³/mol. The molecule has 1 rings (SSSR count). The fourth-order valence-corrected chi connectivity index (χ4v) is 2.02.